The number of fused-ring (bicyclic) bond motifs is 1. The molecule has 0 radical (unpaired) electrons. The molecular weight excluding hydrogens is 158 g/mol. The highest BCUT2D eigenvalue weighted by atomic mass is 14.9. The van der Waals surface area contributed by atoms with Crippen molar-refractivity contribution in [2.45, 2.75) is 19.4 Å². The van der Waals surface area contributed by atoms with Gasteiger partial charge in [-0.15, -0.1) is 0 Å². The van der Waals surface area contributed by atoms with Gasteiger partial charge in [-0.05, 0) is 24.5 Å². The summed E-state index contributed by atoms with van der Waals surface area (Å²) in [6, 6.07) is 8.99. The van der Waals surface area contributed by atoms with Gasteiger partial charge in [-0.3, -0.25) is 0 Å². The zero-order chi connectivity index (χ0) is 9.26. The van der Waals surface area contributed by atoms with Crippen molar-refractivity contribution in [2.75, 3.05) is 6.54 Å². The first-order chi connectivity index (χ1) is 6.29. The largest absolute Gasteiger partial charge is 0.306 e. The molecular formula is C12H15N. The Labute approximate surface area is 79.5 Å². The van der Waals surface area contributed by atoms with Crippen molar-refractivity contribution < 1.29 is 0 Å². The predicted molar refractivity (Wildman–Crippen MR) is 55.7 cm³/mol. The van der Waals surface area contributed by atoms with Gasteiger partial charge in [0.1, 0.15) is 0 Å². The molecule has 0 bridgehead atoms. The van der Waals surface area contributed by atoms with Crippen LogP contribution in [-0.2, 0) is 6.42 Å². The Bertz CT molecular complexity index is 328. The van der Waals surface area contributed by atoms with Gasteiger partial charge < -0.3 is 5.32 Å². The topological polar surface area (TPSA) is 12.0 Å². The summed E-state index contributed by atoms with van der Waals surface area (Å²) in [5, 5.41) is 3.48. The molecule has 1 heterocycles. The van der Waals surface area contributed by atoms with E-state index in [0.29, 0.717) is 6.04 Å². The van der Waals surface area contributed by atoms with Crippen molar-refractivity contribution in [2.24, 2.45) is 0 Å². The van der Waals surface area contributed by atoms with Crippen LogP contribution in [-0.4, -0.2) is 6.54 Å². The van der Waals surface area contributed by atoms with Crippen molar-refractivity contribution in [3.8, 4) is 0 Å². The highest BCUT2D eigenvalue weighted by Crippen LogP contribution is 2.26. The van der Waals surface area contributed by atoms with Crippen molar-refractivity contribution in [3.63, 3.8) is 0 Å². The van der Waals surface area contributed by atoms with Crippen LogP contribution in [0.1, 0.15) is 24.1 Å². The minimum atomic E-state index is 0.366. The van der Waals surface area contributed by atoms with Crippen molar-refractivity contribution >= 4 is 0 Å². The molecule has 68 valence electrons. The van der Waals surface area contributed by atoms with E-state index in [0.717, 1.165) is 13.0 Å². The predicted octanol–water partition coefficient (Wildman–Crippen LogP) is 2.45. The number of hydrogen-bond donors (Lipinski definition) is 1. The Hall–Kier alpha value is -1.08. The SMILES string of the molecule is C=C(C)C1NCCc2ccccc21. The lowest BCUT2D eigenvalue weighted by molar-refractivity contribution is 0.561. The second-order valence-electron chi connectivity index (χ2n) is 3.68. The Morgan fingerprint density at radius 3 is 3.00 bits per heavy atom. The van der Waals surface area contributed by atoms with Gasteiger partial charge in [0.15, 0.2) is 0 Å². The van der Waals surface area contributed by atoms with Crippen molar-refractivity contribution in [1.29, 1.82) is 0 Å². The fraction of sp³-hybridized carbons (Fsp3) is 0.333. The number of hydrogen-bond acceptors (Lipinski definition) is 1. The van der Waals surface area contributed by atoms with Crippen LogP contribution in [0.3, 0.4) is 0 Å². The second kappa shape index (κ2) is 3.35. The van der Waals surface area contributed by atoms with Gasteiger partial charge in [-0.2, -0.15) is 0 Å². The lowest BCUT2D eigenvalue weighted by atomic mass is 9.91. The zero-order valence-electron chi connectivity index (χ0n) is 8.01. The molecule has 0 amide bonds. The Balaban J connectivity index is 2.42. The number of nitrogens with one attached hydrogen (secondary N) is 1. The van der Waals surface area contributed by atoms with Crippen molar-refractivity contribution in [3.05, 3.63) is 47.5 Å². The van der Waals surface area contributed by atoms with E-state index < -0.39 is 0 Å². The van der Waals surface area contributed by atoms with Crippen LogP contribution in [0.25, 0.3) is 0 Å². The van der Waals surface area contributed by atoms with Gasteiger partial charge in [-0.1, -0.05) is 36.4 Å². The molecule has 13 heavy (non-hydrogen) atoms. The molecule has 0 fully saturated rings. The lowest BCUT2D eigenvalue weighted by Crippen LogP contribution is -2.30. The van der Waals surface area contributed by atoms with E-state index in [4.69, 9.17) is 0 Å². The molecule has 1 N–H and O–H groups in total. The van der Waals surface area contributed by atoms with E-state index in [1.165, 1.54) is 16.7 Å². The molecule has 0 spiro atoms. The number of rotatable bonds is 1. The van der Waals surface area contributed by atoms with Crippen LogP contribution in [0, 0.1) is 0 Å². The maximum Gasteiger partial charge on any atom is 0.0533 e. The highest BCUT2D eigenvalue weighted by Gasteiger charge is 2.18. The minimum Gasteiger partial charge on any atom is -0.306 e. The van der Waals surface area contributed by atoms with E-state index in [9.17, 15) is 0 Å². The third kappa shape index (κ3) is 1.52. The van der Waals surface area contributed by atoms with Gasteiger partial charge in [0, 0.05) is 6.54 Å². The monoisotopic (exact) mass is 173 g/mol. The first-order valence-corrected chi connectivity index (χ1v) is 4.75. The summed E-state index contributed by atoms with van der Waals surface area (Å²) in [5.74, 6) is 0. The average Bonchev–Trinajstić information content (AvgIpc) is 2.17. The molecule has 1 heteroatoms. The summed E-state index contributed by atoms with van der Waals surface area (Å²) < 4.78 is 0. The van der Waals surface area contributed by atoms with E-state index in [-0.39, 0.29) is 0 Å². The zero-order valence-corrected chi connectivity index (χ0v) is 8.01. The van der Waals surface area contributed by atoms with Crippen LogP contribution >= 0.6 is 0 Å². The molecule has 1 unspecified atom stereocenters. The molecule has 0 aromatic heterocycles. The summed E-state index contributed by atoms with van der Waals surface area (Å²) >= 11 is 0. The van der Waals surface area contributed by atoms with Gasteiger partial charge in [0.2, 0.25) is 0 Å². The van der Waals surface area contributed by atoms with Gasteiger partial charge in [-0.25, -0.2) is 0 Å². The Kier molecular flexibility index (Phi) is 2.19. The van der Waals surface area contributed by atoms with Crippen LogP contribution < -0.4 is 5.32 Å². The Morgan fingerprint density at radius 2 is 2.23 bits per heavy atom. The third-order valence-corrected chi connectivity index (χ3v) is 2.60. The normalized spacial score (nSPS) is 20.8. The van der Waals surface area contributed by atoms with Crippen LogP contribution in [0.4, 0.5) is 0 Å². The molecule has 1 aromatic rings. The Morgan fingerprint density at radius 1 is 1.46 bits per heavy atom. The quantitative estimate of drug-likeness (QED) is 0.643. The smallest absolute Gasteiger partial charge is 0.0533 e. The van der Waals surface area contributed by atoms with Crippen molar-refractivity contribution in [1.82, 2.24) is 5.32 Å². The molecule has 1 atom stereocenters. The summed E-state index contributed by atoms with van der Waals surface area (Å²) in [6.07, 6.45) is 1.14. The molecule has 2 rings (SSSR count). The molecule has 0 aliphatic carbocycles. The molecule has 1 nitrogen and oxygen atoms in total. The molecule has 1 aliphatic rings. The fourth-order valence-electron chi connectivity index (χ4n) is 1.94. The summed E-state index contributed by atoms with van der Waals surface area (Å²) in [4.78, 5) is 0. The maximum atomic E-state index is 4.02. The lowest BCUT2D eigenvalue weighted by Gasteiger charge is -2.27. The maximum absolute atomic E-state index is 4.02. The highest BCUT2D eigenvalue weighted by molar-refractivity contribution is 5.36. The molecule has 0 saturated heterocycles. The van der Waals surface area contributed by atoms with Crippen LogP contribution in [0.5, 0.6) is 0 Å². The van der Waals surface area contributed by atoms with Crippen LogP contribution in [0.2, 0.25) is 0 Å². The van der Waals surface area contributed by atoms with Gasteiger partial charge in [0.05, 0.1) is 6.04 Å². The van der Waals surface area contributed by atoms with Gasteiger partial charge >= 0.3 is 0 Å². The first-order valence-electron chi connectivity index (χ1n) is 4.75. The van der Waals surface area contributed by atoms with Crippen LogP contribution in [0.15, 0.2) is 36.4 Å². The number of benzene rings is 1. The van der Waals surface area contributed by atoms with E-state index >= 15 is 0 Å². The average molecular weight is 173 g/mol. The molecule has 1 aliphatic heterocycles. The summed E-state index contributed by atoms with van der Waals surface area (Å²) in [5.41, 5.74) is 4.07. The summed E-state index contributed by atoms with van der Waals surface area (Å²) in [7, 11) is 0. The first kappa shape index (κ1) is 8.52. The minimum absolute atomic E-state index is 0.366. The molecule has 1 aromatic carbocycles. The van der Waals surface area contributed by atoms with E-state index in [1.807, 2.05) is 0 Å². The summed E-state index contributed by atoms with van der Waals surface area (Å²) in [6.45, 7) is 7.16. The van der Waals surface area contributed by atoms with E-state index in [1.54, 1.807) is 0 Å². The second-order valence-corrected chi connectivity index (χ2v) is 3.68. The fourth-order valence-corrected chi connectivity index (χ4v) is 1.94. The standard InChI is InChI=1S/C12H15N/c1-9(2)12-11-6-4-3-5-10(11)7-8-13-12/h3-6,12-13H,1,7-8H2,2H3. The third-order valence-electron chi connectivity index (χ3n) is 2.60. The van der Waals surface area contributed by atoms with Gasteiger partial charge in [0.25, 0.3) is 0 Å². The molecule has 0 saturated carbocycles. The van der Waals surface area contributed by atoms with E-state index in [2.05, 4.69) is 43.1 Å².